The van der Waals surface area contributed by atoms with Gasteiger partial charge in [0.05, 0.1) is 4.92 Å². The fourth-order valence-corrected chi connectivity index (χ4v) is 1.98. The second kappa shape index (κ2) is 6.41. The Bertz CT molecular complexity index is 645. The molecule has 0 unspecified atom stereocenters. The van der Waals surface area contributed by atoms with E-state index >= 15 is 0 Å². The molecule has 2 aromatic carbocycles. The first-order valence-corrected chi connectivity index (χ1v) is 6.39. The van der Waals surface area contributed by atoms with Gasteiger partial charge in [-0.05, 0) is 24.6 Å². The van der Waals surface area contributed by atoms with Gasteiger partial charge in [0, 0.05) is 24.2 Å². The standard InChI is InChI=1S/C15H14F2N2O2/c1-10(11-5-7-13(16)8-6-11)18-9-12-3-2-4-14(15(12)17)19(20)21/h2-8,10,18H,9H2,1H3/t10-/m0/s1. The van der Waals surface area contributed by atoms with E-state index in [0.717, 1.165) is 11.6 Å². The molecule has 0 aliphatic rings. The average Bonchev–Trinajstić information content (AvgIpc) is 2.46. The second-order valence-electron chi connectivity index (χ2n) is 4.66. The molecule has 0 bridgehead atoms. The van der Waals surface area contributed by atoms with E-state index in [-0.39, 0.29) is 24.0 Å². The van der Waals surface area contributed by atoms with Crippen molar-refractivity contribution >= 4 is 5.69 Å². The second-order valence-corrected chi connectivity index (χ2v) is 4.66. The highest BCUT2D eigenvalue weighted by atomic mass is 19.1. The maximum atomic E-state index is 13.9. The van der Waals surface area contributed by atoms with Gasteiger partial charge in [-0.1, -0.05) is 24.3 Å². The van der Waals surface area contributed by atoms with Gasteiger partial charge in [0.1, 0.15) is 5.82 Å². The van der Waals surface area contributed by atoms with Crippen LogP contribution in [0.5, 0.6) is 0 Å². The summed E-state index contributed by atoms with van der Waals surface area (Å²) in [5, 5.41) is 13.7. The number of benzene rings is 2. The minimum Gasteiger partial charge on any atom is -0.306 e. The molecule has 1 atom stereocenters. The molecule has 0 spiro atoms. The smallest absolute Gasteiger partial charge is 0.305 e. The number of halogens is 2. The Hall–Kier alpha value is -2.34. The predicted octanol–water partition coefficient (Wildman–Crippen LogP) is 3.72. The third-order valence-corrected chi connectivity index (χ3v) is 3.22. The molecule has 0 aliphatic heterocycles. The molecular weight excluding hydrogens is 278 g/mol. The molecule has 0 radical (unpaired) electrons. The van der Waals surface area contributed by atoms with Crippen LogP contribution in [0.3, 0.4) is 0 Å². The van der Waals surface area contributed by atoms with Crippen LogP contribution in [0, 0.1) is 21.7 Å². The molecule has 1 N–H and O–H groups in total. The van der Waals surface area contributed by atoms with E-state index in [1.54, 1.807) is 12.1 Å². The van der Waals surface area contributed by atoms with Crippen LogP contribution in [0.4, 0.5) is 14.5 Å². The van der Waals surface area contributed by atoms with Crippen molar-refractivity contribution in [1.82, 2.24) is 5.32 Å². The number of nitrogens with one attached hydrogen (secondary N) is 1. The van der Waals surface area contributed by atoms with Crippen molar-refractivity contribution in [3.8, 4) is 0 Å². The van der Waals surface area contributed by atoms with E-state index in [1.165, 1.54) is 24.3 Å². The molecule has 4 nitrogen and oxygen atoms in total. The zero-order valence-electron chi connectivity index (χ0n) is 11.3. The molecule has 0 fully saturated rings. The van der Waals surface area contributed by atoms with Crippen LogP contribution in [0.1, 0.15) is 24.1 Å². The number of nitro groups is 1. The number of hydrogen-bond donors (Lipinski definition) is 1. The first-order valence-electron chi connectivity index (χ1n) is 6.39. The van der Waals surface area contributed by atoms with Crippen LogP contribution in [-0.2, 0) is 6.54 Å². The summed E-state index contributed by atoms with van der Waals surface area (Å²) in [6.07, 6.45) is 0. The summed E-state index contributed by atoms with van der Waals surface area (Å²) in [6, 6.07) is 9.90. The predicted molar refractivity (Wildman–Crippen MR) is 74.7 cm³/mol. The molecule has 0 heterocycles. The third-order valence-electron chi connectivity index (χ3n) is 3.22. The van der Waals surface area contributed by atoms with Crippen molar-refractivity contribution in [2.24, 2.45) is 0 Å². The fraction of sp³-hybridized carbons (Fsp3) is 0.200. The van der Waals surface area contributed by atoms with Gasteiger partial charge in [-0.15, -0.1) is 0 Å². The third kappa shape index (κ3) is 3.61. The van der Waals surface area contributed by atoms with Crippen molar-refractivity contribution in [1.29, 1.82) is 0 Å². The summed E-state index contributed by atoms with van der Waals surface area (Å²) in [5.74, 6) is -1.16. The van der Waals surface area contributed by atoms with Crippen LogP contribution in [0.15, 0.2) is 42.5 Å². The lowest BCUT2D eigenvalue weighted by atomic mass is 10.1. The summed E-state index contributed by atoms with van der Waals surface area (Å²) in [7, 11) is 0. The Labute approximate surface area is 120 Å². The Kier molecular flexibility index (Phi) is 4.59. The summed E-state index contributed by atoms with van der Waals surface area (Å²) < 4.78 is 26.7. The molecular formula is C15H14F2N2O2. The van der Waals surface area contributed by atoms with Gasteiger partial charge in [-0.3, -0.25) is 10.1 Å². The largest absolute Gasteiger partial charge is 0.306 e. The molecule has 0 aliphatic carbocycles. The number of nitro benzene ring substituents is 1. The van der Waals surface area contributed by atoms with Crippen LogP contribution >= 0.6 is 0 Å². The maximum Gasteiger partial charge on any atom is 0.305 e. The van der Waals surface area contributed by atoms with E-state index in [2.05, 4.69) is 5.32 Å². The zero-order chi connectivity index (χ0) is 15.4. The molecule has 2 aromatic rings. The van der Waals surface area contributed by atoms with E-state index < -0.39 is 16.4 Å². The van der Waals surface area contributed by atoms with Gasteiger partial charge in [0.2, 0.25) is 5.82 Å². The average molecular weight is 292 g/mol. The molecule has 0 aromatic heterocycles. The molecule has 0 saturated heterocycles. The zero-order valence-corrected chi connectivity index (χ0v) is 11.3. The van der Waals surface area contributed by atoms with E-state index in [9.17, 15) is 18.9 Å². The summed E-state index contributed by atoms with van der Waals surface area (Å²) in [5.41, 5.74) is 0.532. The summed E-state index contributed by atoms with van der Waals surface area (Å²) in [6.45, 7) is 1.99. The SMILES string of the molecule is C[C@H](NCc1cccc([N+](=O)[O-])c1F)c1ccc(F)cc1. The summed E-state index contributed by atoms with van der Waals surface area (Å²) >= 11 is 0. The quantitative estimate of drug-likeness (QED) is 0.675. The normalized spacial score (nSPS) is 12.1. The van der Waals surface area contributed by atoms with Crippen molar-refractivity contribution < 1.29 is 13.7 Å². The van der Waals surface area contributed by atoms with Crippen molar-refractivity contribution in [3.05, 3.63) is 75.3 Å². The monoisotopic (exact) mass is 292 g/mol. The number of hydrogen-bond acceptors (Lipinski definition) is 3. The first kappa shape index (κ1) is 15.1. The lowest BCUT2D eigenvalue weighted by molar-refractivity contribution is -0.387. The Morgan fingerprint density at radius 2 is 1.86 bits per heavy atom. The lowest BCUT2D eigenvalue weighted by Gasteiger charge is -2.14. The number of rotatable bonds is 5. The van der Waals surface area contributed by atoms with Gasteiger partial charge in [-0.2, -0.15) is 4.39 Å². The summed E-state index contributed by atoms with van der Waals surface area (Å²) in [4.78, 5) is 9.93. The Balaban J connectivity index is 2.08. The van der Waals surface area contributed by atoms with Crippen LogP contribution in [0.25, 0.3) is 0 Å². The van der Waals surface area contributed by atoms with Gasteiger partial charge in [-0.25, -0.2) is 4.39 Å². The van der Waals surface area contributed by atoms with E-state index in [0.29, 0.717) is 0 Å². The minimum absolute atomic E-state index is 0.135. The van der Waals surface area contributed by atoms with Crippen molar-refractivity contribution in [2.75, 3.05) is 0 Å². The molecule has 0 saturated carbocycles. The van der Waals surface area contributed by atoms with Gasteiger partial charge >= 0.3 is 5.69 Å². The fourth-order valence-electron chi connectivity index (χ4n) is 1.98. The molecule has 6 heteroatoms. The molecule has 110 valence electrons. The van der Waals surface area contributed by atoms with Gasteiger partial charge in [0.25, 0.3) is 0 Å². The van der Waals surface area contributed by atoms with Crippen molar-refractivity contribution in [3.63, 3.8) is 0 Å². The van der Waals surface area contributed by atoms with Crippen LogP contribution in [0.2, 0.25) is 0 Å². The van der Waals surface area contributed by atoms with Gasteiger partial charge < -0.3 is 5.32 Å². The highest BCUT2D eigenvalue weighted by molar-refractivity contribution is 5.36. The highest BCUT2D eigenvalue weighted by Crippen LogP contribution is 2.21. The first-order chi connectivity index (χ1) is 9.99. The highest BCUT2D eigenvalue weighted by Gasteiger charge is 2.17. The molecule has 2 rings (SSSR count). The van der Waals surface area contributed by atoms with E-state index in [1.807, 2.05) is 6.92 Å². The van der Waals surface area contributed by atoms with E-state index in [4.69, 9.17) is 0 Å². The Morgan fingerprint density at radius 1 is 1.19 bits per heavy atom. The maximum absolute atomic E-state index is 13.9. The molecule has 0 amide bonds. The lowest BCUT2D eigenvalue weighted by Crippen LogP contribution is -2.19. The topological polar surface area (TPSA) is 55.2 Å². The van der Waals surface area contributed by atoms with Crippen molar-refractivity contribution in [2.45, 2.75) is 19.5 Å². The van der Waals surface area contributed by atoms with Crippen LogP contribution in [-0.4, -0.2) is 4.92 Å². The number of nitrogens with zero attached hydrogens (tertiary/aromatic N) is 1. The Morgan fingerprint density at radius 3 is 2.48 bits per heavy atom. The minimum atomic E-state index is -0.832. The van der Waals surface area contributed by atoms with Crippen LogP contribution < -0.4 is 5.32 Å². The molecule has 21 heavy (non-hydrogen) atoms. The van der Waals surface area contributed by atoms with Gasteiger partial charge in [0.15, 0.2) is 0 Å².